The normalized spacial score (nSPS) is 14.1. The minimum absolute atomic E-state index is 0.126. The average Bonchev–Trinajstić information content (AvgIpc) is 3.00. The molecule has 0 aliphatic heterocycles. The molecule has 10 heteroatoms. The molecular weight excluding hydrogens is 640 g/mol. The molecule has 0 fully saturated rings. The summed E-state index contributed by atoms with van der Waals surface area (Å²) in [6.45, 7) is 34.5. The summed E-state index contributed by atoms with van der Waals surface area (Å²) in [5, 5.41) is 0. The second-order valence-corrected chi connectivity index (χ2v) is 17.3. The van der Waals surface area contributed by atoms with Gasteiger partial charge in [0.15, 0.2) is 11.2 Å². The number of carbonyl (C=O) groups excluding carboxylic acids is 2. The third-order valence-corrected chi connectivity index (χ3v) is 7.16. The molecule has 2 atom stereocenters. The summed E-state index contributed by atoms with van der Waals surface area (Å²) in [5.41, 5.74) is -3.54. The summed E-state index contributed by atoms with van der Waals surface area (Å²) in [5.74, 6) is 5.15. The Morgan fingerprint density at radius 2 is 0.780 bits per heavy atom. The van der Waals surface area contributed by atoms with Crippen molar-refractivity contribution < 1.29 is 48.7 Å². The Balaban J connectivity index is 0. The highest BCUT2D eigenvalue weighted by molar-refractivity contribution is 5.72. The second kappa shape index (κ2) is 23.0. The zero-order chi connectivity index (χ0) is 39.5. The predicted octanol–water partition coefficient (Wildman–Crippen LogP) is 10.7. The Morgan fingerprint density at radius 3 is 1.02 bits per heavy atom. The van der Waals surface area contributed by atoms with E-state index in [-0.39, 0.29) is 35.0 Å². The first-order valence-corrected chi connectivity index (χ1v) is 18.7. The van der Waals surface area contributed by atoms with E-state index in [9.17, 15) is 9.59 Å². The first-order valence-electron chi connectivity index (χ1n) is 18.7. The molecule has 2 unspecified atom stereocenters. The smallest absolute Gasteiger partial charge is 0.298 e. The minimum atomic E-state index is -0.727. The van der Waals surface area contributed by atoms with E-state index in [4.69, 9.17) is 39.1 Å². The summed E-state index contributed by atoms with van der Waals surface area (Å²) in [4.78, 5) is 67.0. The molecule has 0 N–H and O–H groups in total. The van der Waals surface area contributed by atoms with Gasteiger partial charge in [-0.1, -0.05) is 65.2 Å². The lowest BCUT2D eigenvalue weighted by Gasteiger charge is -2.29. The highest BCUT2D eigenvalue weighted by Gasteiger charge is 2.31. The van der Waals surface area contributed by atoms with Crippen molar-refractivity contribution >= 4 is 11.9 Å². The van der Waals surface area contributed by atoms with Crippen LogP contribution in [0.3, 0.4) is 0 Å². The van der Waals surface area contributed by atoms with Crippen LogP contribution in [-0.4, -0.2) is 45.5 Å². The molecule has 0 heterocycles. The van der Waals surface area contributed by atoms with Gasteiger partial charge >= 0.3 is 11.9 Å². The second-order valence-electron chi connectivity index (χ2n) is 17.3. The molecule has 0 aromatic heterocycles. The lowest BCUT2D eigenvalue weighted by Crippen LogP contribution is -2.34. The third kappa shape index (κ3) is 27.9. The van der Waals surface area contributed by atoms with E-state index in [0.29, 0.717) is 12.8 Å². The van der Waals surface area contributed by atoms with Crippen molar-refractivity contribution in [3.05, 3.63) is 0 Å². The summed E-state index contributed by atoms with van der Waals surface area (Å²) < 4.78 is 0. The highest BCUT2D eigenvalue weighted by Crippen LogP contribution is 2.27. The number of unbranched alkanes of at least 4 members (excludes halogenated alkanes) is 2. The molecule has 10 nitrogen and oxygen atoms in total. The maximum absolute atomic E-state index is 12.2. The van der Waals surface area contributed by atoms with E-state index < -0.39 is 22.4 Å². The number of hydrogen-bond donors (Lipinski definition) is 0. The van der Waals surface area contributed by atoms with Crippen LogP contribution in [0.2, 0.25) is 0 Å². The monoisotopic (exact) mass is 717 g/mol. The van der Waals surface area contributed by atoms with Crippen molar-refractivity contribution in [2.75, 3.05) is 0 Å². The van der Waals surface area contributed by atoms with Crippen LogP contribution < -0.4 is 0 Å². The van der Waals surface area contributed by atoms with E-state index in [1.54, 1.807) is 0 Å². The van der Waals surface area contributed by atoms with Gasteiger partial charge in [0, 0.05) is 0 Å². The standard InChI is InChI=1S/C24H46O6.C16H30O4/c1-9-13-15-19(11-3)21(25)27-29-23(5,6)17-18-24(7,8)30-28-22(26)20(12-4)16-14-10-2;1-13(2,3)17-19-15(7,8)11-12-16(9,10)20-18-14(4,5)6/h19-20H,9-18H2,1-8H3;1-10H3. The van der Waals surface area contributed by atoms with E-state index in [1.807, 2.05) is 111 Å². The average molecular weight is 717 g/mol. The van der Waals surface area contributed by atoms with Gasteiger partial charge in [-0.3, -0.25) is 9.78 Å². The Bertz CT molecular complexity index is 928. The molecule has 0 bridgehead atoms. The van der Waals surface area contributed by atoms with Gasteiger partial charge in [-0.15, -0.1) is 0 Å². The van der Waals surface area contributed by atoms with Crippen molar-refractivity contribution in [3.8, 4) is 11.8 Å². The van der Waals surface area contributed by atoms with Crippen LogP contribution in [-0.2, 0) is 48.7 Å². The first kappa shape index (κ1) is 50.4. The third-order valence-electron chi connectivity index (χ3n) is 7.16. The van der Waals surface area contributed by atoms with E-state index >= 15 is 0 Å². The zero-order valence-corrected chi connectivity index (χ0v) is 35.3. The van der Waals surface area contributed by atoms with Crippen molar-refractivity contribution in [3.63, 3.8) is 0 Å². The van der Waals surface area contributed by atoms with E-state index in [1.165, 1.54) is 0 Å². The van der Waals surface area contributed by atoms with Crippen LogP contribution in [0.25, 0.3) is 0 Å². The van der Waals surface area contributed by atoms with Crippen molar-refractivity contribution in [2.24, 2.45) is 11.8 Å². The van der Waals surface area contributed by atoms with Crippen LogP contribution in [0.5, 0.6) is 0 Å². The van der Waals surface area contributed by atoms with Crippen molar-refractivity contribution in [1.82, 2.24) is 0 Å². The molecule has 0 aromatic carbocycles. The van der Waals surface area contributed by atoms with Gasteiger partial charge < -0.3 is 0 Å². The summed E-state index contributed by atoms with van der Waals surface area (Å²) in [7, 11) is 0. The van der Waals surface area contributed by atoms with Gasteiger partial charge in [0.1, 0.15) is 11.2 Å². The largest absolute Gasteiger partial charge is 0.345 e. The molecule has 0 spiro atoms. The van der Waals surface area contributed by atoms with Gasteiger partial charge in [-0.2, -0.15) is 9.78 Å². The summed E-state index contributed by atoms with van der Waals surface area (Å²) in [6.07, 6.45) is 8.36. The van der Waals surface area contributed by atoms with E-state index in [2.05, 4.69) is 25.7 Å². The Hall–Kier alpha value is -1.74. The van der Waals surface area contributed by atoms with Crippen LogP contribution in [0.1, 0.15) is 189 Å². The van der Waals surface area contributed by atoms with Gasteiger partial charge in [-0.25, -0.2) is 29.1 Å². The van der Waals surface area contributed by atoms with Crippen LogP contribution in [0.4, 0.5) is 0 Å². The molecule has 0 aromatic rings. The van der Waals surface area contributed by atoms with Crippen molar-refractivity contribution in [1.29, 1.82) is 0 Å². The Labute approximate surface area is 306 Å². The van der Waals surface area contributed by atoms with Crippen LogP contribution in [0.15, 0.2) is 0 Å². The van der Waals surface area contributed by atoms with E-state index in [0.717, 1.165) is 51.4 Å². The zero-order valence-electron chi connectivity index (χ0n) is 35.3. The van der Waals surface area contributed by atoms with Crippen LogP contribution >= 0.6 is 0 Å². The maximum atomic E-state index is 12.2. The fourth-order valence-corrected chi connectivity index (χ4v) is 3.81. The molecule has 0 aliphatic carbocycles. The fourth-order valence-electron chi connectivity index (χ4n) is 3.81. The van der Waals surface area contributed by atoms with Gasteiger partial charge in [0.25, 0.3) is 0 Å². The maximum Gasteiger partial charge on any atom is 0.345 e. The first-order chi connectivity index (χ1) is 22.6. The summed E-state index contributed by atoms with van der Waals surface area (Å²) in [6, 6.07) is 0. The SMILES string of the molecule is CC(C)(C)OOC(C)(C)C#CC(C)(C)OOC(C)(C)C.CCCCC(CC)C(=O)OOC(C)(C)CCC(C)(C)OOC(=O)C(CC)CCCC. The minimum Gasteiger partial charge on any atom is -0.298 e. The topological polar surface area (TPSA) is 108 Å². The number of carbonyl (C=O) groups is 2. The molecular formula is C40H76O10. The molecule has 0 saturated carbocycles. The lowest BCUT2D eigenvalue weighted by atomic mass is 9.94. The number of hydrogen-bond acceptors (Lipinski definition) is 10. The van der Waals surface area contributed by atoms with Gasteiger partial charge in [0.2, 0.25) is 0 Å². The lowest BCUT2D eigenvalue weighted by molar-refractivity contribution is -0.386. The molecule has 0 aliphatic rings. The summed E-state index contributed by atoms with van der Waals surface area (Å²) >= 11 is 0. The molecule has 0 amide bonds. The number of rotatable bonds is 21. The predicted molar refractivity (Wildman–Crippen MR) is 198 cm³/mol. The molecule has 0 rings (SSSR count). The van der Waals surface area contributed by atoms with Crippen LogP contribution in [0, 0.1) is 23.7 Å². The van der Waals surface area contributed by atoms with Crippen molar-refractivity contribution in [2.45, 2.75) is 222 Å². The Kier molecular flexibility index (Phi) is 23.2. The molecule has 0 saturated heterocycles. The molecule has 50 heavy (non-hydrogen) atoms. The quantitative estimate of drug-likeness (QED) is 0.0647. The Morgan fingerprint density at radius 1 is 0.480 bits per heavy atom. The molecule has 0 radical (unpaired) electrons. The molecule has 296 valence electrons. The highest BCUT2D eigenvalue weighted by atomic mass is 17.2. The van der Waals surface area contributed by atoms with Gasteiger partial charge in [-0.05, 0) is 135 Å². The van der Waals surface area contributed by atoms with Gasteiger partial charge in [0.05, 0.1) is 23.0 Å². The fraction of sp³-hybridized carbons (Fsp3) is 0.900.